The molecule has 0 spiro atoms. The summed E-state index contributed by atoms with van der Waals surface area (Å²) in [4.78, 5) is 24.8. The minimum atomic E-state index is -0.563. The zero-order chi connectivity index (χ0) is 11.5. The molecule has 0 aromatic carbocycles. The van der Waals surface area contributed by atoms with Gasteiger partial charge in [-0.15, -0.1) is 0 Å². The smallest absolute Gasteiger partial charge is 0.336 e. The SMILES string of the molecule is COC(=O)C1CN(C2CCNC2=O)CCO1. The fourth-order valence-corrected chi connectivity index (χ4v) is 2.16. The van der Waals surface area contributed by atoms with Gasteiger partial charge in [-0.05, 0) is 6.42 Å². The van der Waals surface area contributed by atoms with Crippen LogP contribution in [0.3, 0.4) is 0 Å². The van der Waals surface area contributed by atoms with Crippen molar-refractivity contribution < 1.29 is 19.1 Å². The number of ether oxygens (including phenoxy) is 2. The van der Waals surface area contributed by atoms with E-state index < -0.39 is 6.10 Å². The van der Waals surface area contributed by atoms with Gasteiger partial charge in [0, 0.05) is 19.6 Å². The van der Waals surface area contributed by atoms with Crippen molar-refractivity contribution in [3.05, 3.63) is 0 Å². The fourth-order valence-electron chi connectivity index (χ4n) is 2.16. The average molecular weight is 228 g/mol. The van der Waals surface area contributed by atoms with Gasteiger partial charge >= 0.3 is 5.97 Å². The standard InChI is InChI=1S/C10H16N2O4/c1-15-10(14)8-6-12(4-5-16-8)7-2-3-11-9(7)13/h7-8H,2-6H2,1H3,(H,11,13). The Labute approximate surface area is 93.9 Å². The molecule has 0 aliphatic carbocycles. The molecule has 2 unspecified atom stereocenters. The zero-order valence-electron chi connectivity index (χ0n) is 9.27. The van der Waals surface area contributed by atoms with Crippen LogP contribution in [0.2, 0.25) is 0 Å². The molecule has 2 fully saturated rings. The molecule has 2 aliphatic rings. The van der Waals surface area contributed by atoms with Gasteiger partial charge in [0.2, 0.25) is 5.91 Å². The maximum absolute atomic E-state index is 11.5. The van der Waals surface area contributed by atoms with Crippen LogP contribution in [0, 0.1) is 0 Å². The monoisotopic (exact) mass is 228 g/mol. The summed E-state index contributed by atoms with van der Waals surface area (Å²) in [5, 5.41) is 2.79. The number of methoxy groups -OCH3 is 1. The molecule has 2 heterocycles. The second kappa shape index (κ2) is 4.80. The Morgan fingerprint density at radius 1 is 1.62 bits per heavy atom. The van der Waals surface area contributed by atoms with E-state index in [0.29, 0.717) is 26.2 Å². The van der Waals surface area contributed by atoms with Gasteiger partial charge in [-0.3, -0.25) is 9.69 Å². The van der Waals surface area contributed by atoms with Crippen molar-refractivity contribution in [2.45, 2.75) is 18.6 Å². The third-order valence-corrected chi connectivity index (χ3v) is 3.02. The molecule has 16 heavy (non-hydrogen) atoms. The normalized spacial score (nSPS) is 31.2. The topological polar surface area (TPSA) is 67.9 Å². The highest BCUT2D eigenvalue weighted by atomic mass is 16.6. The molecule has 2 aliphatic heterocycles. The van der Waals surface area contributed by atoms with Crippen molar-refractivity contribution in [3.8, 4) is 0 Å². The van der Waals surface area contributed by atoms with Crippen LogP contribution in [0.15, 0.2) is 0 Å². The van der Waals surface area contributed by atoms with E-state index in [0.717, 1.165) is 6.42 Å². The lowest BCUT2D eigenvalue weighted by atomic mass is 10.1. The third-order valence-electron chi connectivity index (χ3n) is 3.02. The summed E-state index contributed by atoms with van der Waals surface area (Å²) in [6, 6.07) is -0.115. The van der Waals surface area contributed by atoms with E-state index in [1.165, 1.54) is 7.11 Å². The van der Waals surface area contributed by atoms with E-state index >= 15 is 0 Å². The molecule has 1 N–H and O–H groups in total. The Morgan fingerprint density at radius 2 is 2.44 bits per heavy atom. The first-order valence-electron chi connectivity index (χ1n) is 5.43. The number of hydrogen-bond acceptors (Lipinski definition) is 5. The summed E-state index contributed by atoms with van der Waals surface area (Å²) >= 11 is 0. The number of morpholine rings is 1. The Kier molecular flexibility index (Phi) is 3.40. The summed E-state index contributed by atoms with van der Waals surface area (Å²) in [5.41, 5.74) is 0. The molecule has 0 saturated carbocycles. The highest BCUT2D eigenvalue weighted by Crippen LogP contribution is 2.15. The Morgan fingerprint density at radius 3 is 3.06 bits per heavy atom. The molecule has 90 valence electrons. The lowest BCUT2D eigenvalue weighted by Gasteiger charge is -2.34. The second-order valence-electron chi connectivity index (χ2n) is 3.97. The first-order chi connectivity index (χ1) is 7.72. The van der Waals surface area contributed by atoms with Crippen molar-refractivity contribution in [3.63, 3.8) is 0 Å². The van der Waals surface area contributed by atoms with Crippen molar-refractivity contribution in [1.82, 2.24) is 10.2 Å². The van der Waals surface area contributed by atoms with Crippen LogP contribution in [0.1, 0.15) is 6.42 Å². The predicted molar refractivity (Wildman–Crippen MR) is 54.7 cm³/mol. The minimum absolute atomic E-state index is 0.0468. The van der Waals surface area contributed by atoms with Crippen molar-refractivity contribution in [2.24, 2.45) is 0 Å². The molecule has 0 aromatic heterocycles. The summed E-state index contributed by atoms with van der Waals surface area (Å²) in [6.45, 7) is 2.30. The first kappa shape index (κ1) is 11.3. The van der Waals surface area contributed by atoms with Crippen LogP contribution >= 0.6 is 0 Å². The second-order valence-corrected chi connectivity index (χ2v) is 3.97. The molecule has 0 radical (unpaired) electrons. The number of nitrogens with one attached hydrogen (secondary N) is 1. The number of hydrogen-bond donors (Lipinski definition) is 1. The minimum Gasteiger partial charge on any atom is -0.467 e. The van der Waals surface area contributed by atoms with Crippen LogP contribution in [0.4, 0.5) is 0 Å². The van der Waals surface area contributed by atoms with Crippen LogP contribution in [-0.4, -0.2) is 62.3 Å². The largest absolute Gasteiger partial charge is 0.467 e. The number of rotatable bonds is 2. The van der Waals surface area contributed by atoms with Gasteiger partial charge in [-0.25, -0.2) is 4.79 Å². The van der Waals surface area contributed by atoms with Gasteiger partial charge in [-0.1, -0.05) is 0 Å². The van der Waals surface area contributed by atoms with Crippen LogP contribution in [-0.2, 0) is 19.1 Å². The third kappa shape index (κ3) is 2.17. The van der Waals surface area contributed by atoms with E-state index in [2.05, 4.69) is 10.1 Å². The molecule has 0 aromatic rings. The van der Waals surface area contributed by atoms with E-state index in [9.17, 15) is 9.59 Å². The summed E-state index contributed by atoms with van der Waals surface area (Å²) in [7, 11) is 1.34. The highest BCUT2D eigenvalue weighted by molar-refractivity contribution is 5.84. The van der Waals surface area contributed by atoms with E-state index in [-0.39, 0.29) is 17.9 Å². The maximum atomic E-state index is 11.5. The average Bonchev–Trinajstić information content (AvgIpc) is 2.74. The maximum Gasteiger partial charge on any atom is 0.336 e. The van der Waals surface area contributed by atoms with Crippen molar-refractivity contribution >= 4 is 11.9 Å². The lowest BCUT2D eigenvalue weighted by Crippen LogP contribution is -2.52. The summed E-state index contributed by atoms with van der Waals surface area (Å²) in [5.74, 6) is -0.325. The number of carbonyl (C=O) groups is 2. The molecule has 2 saturated heterocycles. The molecule has 6 nitrogen and oxygen atoms in total. The molecule has 0 bridgehead atoms. The Bertz CT molecular complexity index is 295. The van der Waals surface area contributed by atoms with Crippen molar-refractivity contribution in [1.29, 1.82) is 0 Å². The quantitative estimate of drug-likeness (QED) is 0.598. The van der Waals surface area contributed by atoms with Gasteiger partial charge in [-0.2, -0.15) is 0 Å². The van der Waals surface area contributed by atoms with Crippen LogP contribution in [0.5, 0.6) is 0 Å². The van der Waals surface area contributed by atoms with E-state index in [1.807, 2.05) is 4.90 Å². The Hall–Kier alpha value is -1.14. The van der Waals surface area contributed by atoms with Crippen LogP contribution < -0.4 is 5.32 Å². The molecule has 1 amide bonds. The van der Waals surface area contributed by atoms with E-state index in [4.69, 9.17) is 4.74 Å². The molecule has 2 atom stereocenters. The number of nitrogens with zero attached hydrogens (tertiary/aromatic N) is 1. The van der Waals surface area contributed by atoms with Crippen LogP contribution in [0.25, 0.3) is 0 Å². The van der Waals surface area contributed by atoms with Crippen molar-refractivity contribution in [2.75, 3.05) is 33.4 Å². The first-order valence-corrected chi connectivity index (χ1v) is 5.43. The Balaban J connectivity index is 1.96. The number of esters is 1. The fraction of sp³-hybridized carbons (Fsp3) is 0.800. The van der Waals surface area contributed by atoms with Gasteiger partial charge in [0.05, 0.1) is 19.8 Å². The summed E-state index contributed by atoms with van der Waals surface area (Å²) < 4.78 is 9.94. The van der Waals surface area contributed by atoms with Gasteiger partial charge in [0.1, 0.15) is 0 Å². The zero-order valence-corrected chi connectivity index (χ0v) is 9.27. The molecular weight excluding hydrogens is 212 g/mol. The van der Waals surface area contributed by atoms with Gasteiger partial charge < -0.3 is 14.8 Å². The van der Waals surface area contributed by atoms with Gasteiger partial charge in [0.25, 0.3) is 0 Å². The highest BCUT2D eigenvalue weighted by Gasteiger charge is 2.36. The lowest BCUT2D eigenvalue weighted by molar-refractivity contribution is -0.161. The molecular formula is C10H16N2O4. The number of amides is 1. The van der Waals surface area contributed by atoms with Gasteiger partial charge in [0.15, 0.2) is 6.10 Å². The van der Waals surface area contributed by atoms with E-state index in [1.54, 1.807) is 0 Å². The predicted octanol–water partition coefficient (Wildman–Crippen LogP) is -1.25. The molecule has 2 rings (SSSR count). The summed E-state index contributed by atoms with van der Waals surface area (Å²) in [6.07, 6.45) is 0.236. The molecule has 6 heteroatoms. The number of carbonyl (C=O) groups excluding carboxylic acids is 2.